The van der Waals surface area contributed by atoms with E-state index in [2.05, 4.69) is 19.9 Å². The van der Waals surface area contributed by atoms with Crippen molar-refractivity contribution in [2.75, 3.05) is 5.73 Å². The van der Waals surface area contributed by atoms with Crippen LogP contribution in [0.25, 0.3) is 17.0 Å². The van der Waals surface area contributed by atoms with Crippen LogP contribution in [0, 0.1) is 10.5 Å². The zero-order valence-electron chi connectivity index (χ0n) is 9.60. The third-order valence-electron chi connectivity index (χ3n) is 2.55. The average molecular weight is 295 g/mol. The van der Waals surface area contributed by atoms with Crippen LogP contribution < -0.4 is 17.0 Å². The number of hydrogen-bond acceptors (Lipinski definition) is 6. The van der Waals surface area contributed by atoms with Crippen molar-refractivity contribution >= 4 is 29.3 Å². The minimum absolute atomic E-state index is 0.00292. The number of nitrogen functional groups attached to an aromatic ring is 1. The van der Waals surface area contributed by atoms with Gasteiger partial charge in [-0.15, -0.1) is 0 Å². The van der Waals surface area contributed by atoms with Crippen LogP contribution in [-0.2, 0) is 0 Å². The number of anilines is 1. The summed E-state index contributed by atoms with van der Waals surface area (Å²) in [4.78, 5) is 36.8. The molecule has 0 fully saturated rings. The van der Waals surface area contributed by atoms with Gasteiger partial charge in [-0.1, -0.05) is 12.2 Å². The largest absolute Gasteiger partial charge is 0.369 e. The van der Waals surface area contributed by atoms with Crippen molar-refractivity contribution in [3.8, 4) is 5.82 Å². The van der Waals surface area contributed by atoms with Crippen LogP contribution in [0.5, 0.6) is 0 Å². The van der Waals surface area contributed by atoms with Crippen LogP contribution in [0.2, 0.25) is 0 Å². The van der Waals surface area contributed by atoms with Crippen molar-refractivity contribution in [1.29, 1.82) is 0 Å². The van der Waals surface area contributed by atoms with Gasteiger partial charge in [-0.05, 0) is 0 Å². The molecule has 0 unspecified atom stereocenters. The van der Waals surface area contributed by atoms with Gasteiger partial charge in [0.05, 0.1) is 0 Å². The van der Waals surface area contributed by atoms with Crippen molar-refractivity contribution in [2.45, 2.75) is 0 Å². The minimum Gasteiger partial charge on any atom is -0.369 e. The molecule has 0 saturated carbocycles. The molecule has 11 heteroatoms. The van der Waals surface area contributed by atoms with Crippen molar-refractivity contribution in [3.05, 3.63) is 37.6 Å². The van der Waals surface area contributed by atoms with Crippen molar-refractivity contribution < 1.29 is 4.39 Å². The van der Waals surface area contributed by atoms with Crippen LogP contribution in [0.1, 0.15) is 0 Å². The minimum atomic E-state index is -1.17. The summed E-state index contributed by atoms with van der Waals surface area (Å²) in [5.41, 5.74) is 3.99. The number of fused-ring (bicyclic) bond motifs is 1. The summed E-state index contributed by atoms with van der Waals surface area (Å²) < 4.78 is 15.1. The normalized spacial score (nSPS) is 11.1. The molecule has 0 radical (unpaired) electrons. The molecule has 3 heterocycles. The van der Waals surface area contributed by atoms with Crippen LogP contribution in [0.4, 0.5) is 10.3 Å². The van der Waals surface area contributed by atoms with E-state index >= 15 is 0 Å². The number of aromatic amines is 3. The van der Waals surface area contributed by atoms with Gasteiger partial charge < -0.3 is 10.7 Å². The number of H-pyrrole nitrogens is 3. The lowest BCUT2D eigenvalue weighted by Gasteiger charge is -2.04. The number of nitrogens with zero attached hydrogens (tertiary/aromatic N) is 3. The number of nitrogens with one attached hydrogen (secondary N) is 3. The first kappa shape index (κ1) is 12.2. The number of rotatable bonds is 1. The zero-order chi connectivity index (χ0) is 14.4. The molecular weight excluding hydrogens is 289 g/mol. The number of hydrogen-bond donors (Lipinski definition) is 4. The molecule has 9 nitrogen and oxygen atoms in total. The lowest BCUT2D eigenvalue weighted by Crippen LogP contribution is -2.27. The second kappa shape index (κ2) is 4.09. The standard InChI is InChI=1S/C9H6FN7O2S/c10-2-4(14-9(19)15-6(2)18)17-1-12-3-5(17)13-8(11)16-7(3)20/h1H,(H3,11,13,16,20)(H2,14,15,18,19). The van der Waals surface area contributed by atoms with Gasteiger partial charge in [-0.25, -0.2) is 14.8 Å². The Labute approximate surface area is 113 Å². The summed E-state index contributed by atoms with van der Waals surface area (Å²) >= 11 is 4.97. The molecule has 0 aliphatic heterocycles. The highest BCUT2D eigenvalue weighted by Gasteiger charge is 2.15. The lowest BCUT2D eigenvalue weighted by molar-refractivity contribution is 0.586. The van der Waals surface area contributed by atoms with Gasteiger partial charge in [0.1, 0.15) is 17.5 Å². The summed E-state index contributed by atoms with van der Waals surface area (Å²) in [6.45, 7) is 0. The Morgan fingerprint density at radius 2 is 2.05 bits per heavy atom. The molecule has 0 spiro atoms. The Morgan fingerprint density at radius 3 is 2.80 bits per heavy atom. The third-order valence-corrected chi connectivity index (χ3v) is 2.83. The van der Waals surface area contributed by atoms with Gasteiger partial charge >= 0.3 is 5.69 Å². The van der Waals surface area contributed by atoms with Gasteiger partial charge in [0.15, 0.2) is 16.4 Å². The van der Waals surface area contributed by atoms with Gasteiger partial charge in [0, 0.05) is 0 Å². The summed E-state index contributed by atoms with van der Waals surface area (Å²) in [6.07, 6.45) is 1.19. The highest BCUT2D eigenvalue weighted by Crippen LogP contribution is 2.16. The van der Waals surface area contributed by atoms with Crippen LogP contribution in [0.3, 0.4) is 0 Å². The molecule has 3 aromatic heterocycles. The van der Waals surface area contributed by atoms with E-state index in [0.29, 0.717) is 0 Å². The molecule has 0 saturated heterocycles. The summed E-state index contributed by atoms with van der Waals surface area (Å²) in [7, 11) is 0. The summed E-state index contributed by atoms with van der Waals surface area (Å²) in [5.74, 6) is -1.55. The SMILES string of the molecule is Nc1nc(=S)c2ncn(-c3[nH]c(=O)[nH]c(=O)c3F)c2[nH]1. The predicted molar refractivity (Wildman–Crippen MR) is 69.7 cm³/mol. The summed E-state index contributed by atoms with van der Waals surface area (Å²) in [6, 6.07) is 0. The van der Waals surface area contributed by atoms with Crippen molar-refractivity contribution in [1.82, 2.24) is 29.5 Å². The molecule has 102 valence electrons. The molecule has 5 N–H and O–H groups in total. The molecule has 0 bridgehead atoms. The first-order valence-electron chi connectivity index (χ1n) is 5.22. The second-order valence-electron chi connectivity index (χ2n) is 3.81. The van der Waals surface area contributed by atoms with E-state index < -0.39 is 17.1 Å². The average Bonchev–Trinajstić information content (AvgIpc) is 2.77. The van der Waals surface area contributed by atoms with Gasteiger partial charge in [0.25, 0.3) is 5.56 Å². The topological polar surface area (TPSA) is 138 Å². The Hall–Kier alpha value is -2.82. The van der Waals surface area contributed by atoms with Crippen LogP contribution in [-0.4, -0.2) is 29.5 Å². The molecule has 0 amide bonds. The molecule has 20 heavy (non-hydrogen) atoms. The van der Waals surface area contributed by atoms with E-state index in [1.807, 2.05) is 0 Å². The maximum atomic E-state index is 13.8. The molecule has 3 aromatic rings. The highest BCUT2D eigenvalue weighted by molar-refractivity contribution is 7.71. The zero-order valence-corrected chi connectivity index (χ0v) is 10.4. The monoisotopic (exact) mass is 295 g/mol. The van der Waals surface area contributed by atoms with E-state index in [1.165, 1.54) is 6.33 Å². The fraction of sp³-hybridized carbons (Fsp3) is 0. The van der Waals surface area contributed by atoms with Crippen LogP contribution in [0.15, 0.2) is 15.9 Å². The van der Waals surface area contributed by atoms with E-state index in [0.717, 1.165) is 4.57 Å². The number of nitrogens with two attached hydrogens (primary N) is 1. The number of imidazole rings is 1. The fourth-order valence-corrected chi connectivity index (χ4v) is 1.98. The second-order valence-corrected chi connectivity index (χ2v) is 4.20. The Bertz CT molecular complexity index is 998. The van der Waals surface area contributed by atoms with Crippen molar-refractivity contribution in [2.24, 2.45) is 0 Å². The number of halogens is 1. The van der Waals surface area contributed by atoms with Gasteiger partial charge in [-0.3, -0.25) is 19.3 Å². The van der Waals surface area contributed by atoms with E-state index in [4.69, 9.17) is 18.0 Å². The quantitative estimate of drug-likeness (QED) is 0.450. The smallest absolute Gasteiger partial charge is 0.327 e. The van der Waals surface area contributed by atoms with Gasteiger partial charge in [-0.2, -0.15) is 4.39 Å². The molecular formula is C9H6FN7O2S. The highest BCUT2D eigenvalue weighted by atomic mass is 32.1. The molecule has 0 aliphatic rings. The Kier molecular flexibility index (Phi) is 2.50. The maximum absolute atomic E-state index is 13.8. The maximum Gasteiger partial charge on any atom is 0.327 e. The third kappa shape index (κ3) is 1.72. The first-order chi connectivity index (χ1) is 9.47. The first-order valence-corrected chi connectivity index (χ1v) is 5.63. The van der Waals surface area contributed by atoms with Crippen LogP contribution >= 0.6 is 12.2 Å². The fourth-order valence-electron chi connectivity index (χ4n) is 1.73. The predicted octanol–water partition coefficient (Wildman–Crippen LogP) is -0.424. The Morgan fingerprint density at radius 1 is 1.30 bits per heavy atom. The molecule has 0 aromatic carbocycles. The molecule has 0 aliphatic carbocycles. The molecule has 3 rings (SSSR count). The van der Waals surface area contributed by atoms with E-state index in [9.17, 15) is 14.0 Å². The van der Waals surface area contributed by atoms with Crippen molar-refractivity contribution in [3.63, 3.8) is 0 Å². The van der Waals surface area contributed by atoms with E-state index in [-0.39, 0.29) is 27.6 Å². The Balaban J connectivity index is 2.45. The summed E-state index contributed by atoms with van der Waals surface area (Å²) in [5, 5.41) is 0. The molecule has 0 atom stereocenters. The van der Waals surface area contributed by atoms with E-state index in [1.54, 1.807) is 4.98 Å². The number of aromatic nitrogens is 6. The lowest BCUT2D eigenvalue weighted by atomic mass is 10.5. The van der Waals surface area contributed by atoms with Gasteiger partial charge in [0.2, 0.25) is 5.82 Å².